The van der Waals surface area contributed by atoms with Crippen LogP contribution in [0.15, 0.2) is 60.7 Å². The first-order valence-corrected chi connectivity index (χ1v) is 12.1. The molecular formula is C27H23Cl2F4NO. The number of carbonyl (C=O) groups excluding carboxylic acids is 1. The normalized spacial score (nSPS) is 14.0. The molecule has 1 aliphatic rings. The monoisotopic (exact) mass is 523 g/mol. The average Bonchev–Trinajstić information content (AvgIpc) is 2.78. The van der Waals surface area contributed by atoms with Crippen molar-refractivity contribution in [2.24, 2.45) is 0 Å². The molecule has 0 atom stereocenters. The van der Waals surface area contributed by atoms with Crippen molar-refractivity contribution in [3.05, 3.63) is 104 Å². The van der Waals surface area contributed by atoms with Gasteiger partial charge in [0, 0.05) is 18.1 Å². The molecule has 0 radical (unpaired) electrons. The van der Waals surface area contributed by atoms with Crippen LogP contribution >= 0.6 is 23.2 Å². The number of hydrogen-bond acceptors (Lipinski definition) is 1. The predicted molar refractivity (Wildman–Crippen MR) is 129 cm³/mol. The summed E-state index contributed by atoms with van der Waals surface area (Å²) in [5.74, 6) is -1.47. The minimum absolute atomic E-state index is 0.116. The summed E-state index contributed by atoms with van der Waals surface area (Å²) < 4.78 is 54.7. The van der Waals surface area contributed by atoms with E-state index in [1.54, 1.807) is 24.3 Å². The maximum absolute atomic E-state index is 14.8. The second-order valence-electron chi connectivity index (χ2n) is 8.79. The van der Waals surface area contributed by atoms with E-state index in [0.717, 1.165) is 24.0 Å². The van der Waals surface area contributed by atoms with Gasteiger partial charge in [0.25, 0.3) is 5.91 Å². The maximum Gasteiger partial charge on any atom is 0.416 e. The predicted octanol–water partition coefficient (Wildman–Crippen LogP) is 8.30. The van der Waals surface area contributed by atoms with E-state index < -0.39 is 34.1 Å². The molecule has 2 nitrogen and oxygen atoms in total. The van der Waals surface area contributed by atoms with E-state index in [9.17, 15) is 22.4 Å². The van der Waals surface area contributed by atoms with Crippen molar-refractivity contribution >= 4 is 29.1 Å². The zero-order chi connectivity index (χ0) is 25.2. The third-order valence-corrected chi connectivity index (χ3v) is 6.91. The van der Waals surface area contributed by atoms with Crippen LogP contribution in [0.4, 0.5) is 17.6 Å². The first-order chi connectivity index (χ1) is 16.6. The molecule has 1 amide bonds. The number of hydrogen-bond donors (Lipinski definition) is 0. The third kappa shape index (κ3) is 6.17. The Morgan fingerprint density at radius 3 is 2.14 bits per heavy atom. The van der Waals surface area contributed by atoms with Crippen LogP contribution in [-0.2, 0) is 19.1 Å². The first-order valence-electron chi connectivity index (χ1n) is 11.3. The summed E-state index contributed by atoms with van der Waals surface area (Å²) in [7, 11) is 0. The Morgan fingerprint density at radius 1 is 0.943 bits per heavy atom. The van der Waals surface area contributed by atoms with Crippen LogP contribution in [-0.4, -0.2) is 17.4 Å². The van der Waals surface area contributed by atoms with Crippen molar-refractivity contribution in [2.75, 3.05) is 6.54 Å². The Hall–Kier alpha value is -2.57. The van der Waals surface area contributed by atoms with Gasteiger partial charge in [0.05, 0.1) is 16.1 Å². The molecule has 1 fully saturated rings. The van der Waals surface area contributed by atoms with Crippen molar-refractivity contribution in [3.8, 4) is 0 Å². The number of halogens is 6. The highest BCUT2D eigenvalue weighted by Crippen LogP contribution is 2.36. The number of amides is 1. The fourth-order valence-corrected chi connectivity index (χ4v) is 4.45. The van der Waals surface area contributed by atoms with E-state index in [2.05, 4.69) is 0 Å². The average molecular weight is 524 g/mol. The molecule has 35 heavy (non-hydrogen) atoms. The number of benzene rings is 3. The highest BCUT2D eigenvalue weighted by Gasteiger charge is 2.34. The van der Waals surface area contributed by atoms with Crippen LogP contribution < -0.4 is 0 Å². The van der Waals surface area contributed by atoms with Crippen molar-refractivity contribution in [1.82, 2.24) is 4.90 Å². The lowest BCUT2D eigenvalue weighted by Crippen LogP contribution is -2.33. The topological polar surface area (TPSA) is 20.3 Å². The maximum atomic E-state index is 14.8. The lowest BCUT2D eigenvalue weighted by molar-refractivity contribution is -0.137. The zero-order valence-corrected chi connectivity index (χ0v) is 20.2. The minimum atomic E-state index is -4.77. The molecule has 1 aliphatic carbocycles. The second kappa shape index (κ2) is 10.6. The highest BCUT2D eigenvalue weighted by molar-refractivity contribution is 6.31. The highest BCUT2D eigenvalue weighted by atomic mass is 35.5. The molecule has 0 aromatic heterocycles. The van der Waals surface area contributed by atoms with Crippen LogP contribution in [0.3, 0.4) is 0 Å². The number of carbonyl (C=O) groups is 1. The van der Waals surface area contributed by atoms with Gasteiger partial charge in [-0.3, -0.25) is 4.79 Å². The Morgan fingerprint density at radius 2 is 1.57 bits per heavy atom. The lowest BCUT2D eigenvalue weighted by atomic mass is 9.80. The molecule has 4 rings (SSSR count). The zero-order valence-electron chi connectivity index (χ0n) is 18.7. The second-order valence-corrected chi connectivity index (χ2v) is 9.63. The fourth-order valence-electron chi connectivity index (χ4n) is 4.10. The molecule has 0 aliphatic heterocycles. The van der Waals surface area contributed by atoms with E-state index >= 15 is 0 Å². The molecular weight excluding hydrogens is 501 g/mol. The summed E-state index contributed by atoms with van der Waals surface area (Å²) in [5, 5.41) is -0.181. The molecule has 3 aromatic carbocycles. The number of nitrogens with zero attached hydrogens (tertiary/aromatic N) is 1. The Kier molecular flexibility index (Phi) is 7.72. The van der Waals surface area contributed by atoms with E-state index in [0.29, 0.717) is 29.5 Å². The molecule has 0 N–H and O–H groups in total. The van der Waals surface area contributed by atoms with Gasteiger partial charge in [0.15, 0.2) is 5.82 Å². The molecule has 0 unspecified atom stereocenters. The standard InChI is InChI=1S/C27H23Cl2F4NO/c28-22-10-6-17(7-11-22)12-13-34(16-18-4-8-20(9-5-18)19-2-1-3-19)26(35)23-14-21(27(31,32)33)15-24(29)25(23)30/h4-11,14-15,19H,1-3,12-13,16H2. The Bertz CT molecular complexity index is 1190. The SMILES string of the molecule is O=C(c1cc(C(F)(F)F)cc(Cl)c1F)N(CCc1ccc(Cl)cc1)Cc1ccc(C2CCC2)cc1. The quantitative estimate of drug-likeness (QED) is 0.285. The van der Waals surface area contributed by atoms with Gasteiger partial charge in [0.1, 0.15) is 0 Å². The summed E-state index contributed by atoms with van der Waals surface area (Å²) in [5.41, 5.74) is 1.04. The molecule has 184 valence electrons. The minimum Gasteiger partial charge on any atom is -0.334 e. The summed E-state index contributed by atoms with van der Waals surface area (Å²) in [6, 6.07) is 15.9. The molecule has 0 bridgehead atoms. The van der Waals surface area contributed by atoms with E-state index in [-0.39, 0.29) is 13.1 Å². The Labute approximate surface area is 211 Å². The summed E-state index contributed by atoms with van der Waals surface area (Å²) >= 11 is 11.7. The molecule has 1 saturated carbocycles. The van der Waals surface area contributed by atoms with Crippen LogP contribution in [0.2, 0.25) is 10.0 Å². The first kappa shape index (κ1) is 25.5. The van der Waals surface area contributed by atoms with Crippen LogP contribution in [0.25, 0.3) is 0 Å². The largest absolute Gasteiger partial charge is 0.416 e. The van der Waals surface area contributed by atoms with Gasteiger partial charge in [-0.25, -0.2) is 4.39 Å². The van der Waals surface area contributed by atoms with Gasteiger partial charge in [-0.1, -0.05) is 66.0 Å². The summed E-state index contributed by atoms with van der Waals surface area (Å²) in [6.07, 6.45) is -0.832. The number of alkyl halides is 3. The third-order valence-electron chi connectivity index (χ3n) is 6.39. The van der Waals surface area contributed by atoms with E-state index in [1.165, 1.54) is 16.9 Å². The van der Waals surface area contributed by atoms with Crippen LogP contribution in [0.1, 0.15) is 57.8 Å². The van der Waals surface area contributed by atoms with Gasteiger partial charge < -0.3 is 4.90 Å². The van der Waals surface area contributed by atoms with Crippen molar-refractivity contribution in [1.29, 1.82) is 0 Å². The molecule has 8 heteroatoms. The van der Waals surface area contributed by atoms with Crippen molar-refractivity contribution < 1.29 is 22.4 Å². The van der Waals surface area contributed by atoms with Gasteiger partial charge in [-0.15, -0.1) is 0 Å². The van der Waals surface area contributed by atoms with Crippen molar-refractivity contribution in [3.63, 3.8) is 0 Å². The number of rotatable bonds is 7. The van der Waals surface area contributed by atoms with Crippen molar-refractivity contribution in [2.45, 2.75) is 44.3 Å². The smallest absolute Gasteiger partial charge is 0.334 e. The van der Waals surface area contributed by atoms with E-state index in [1.807, 2.05) is 24.3 Å². The lowest BCUT2D eigenvalue weighted by Gasteiger charge is -2.27. The summed E-state index contributed by atoms with van der Waals surface area (Å²) in [4.78, 5) is 14.7. The summed E-state index contributed by atoms with van der Waals surface area (Å²) in [6.45, 7) is 0.281. The van der Waals surface area contributed by atoms with Crippen LogP contribution in [0.5, 0.6) is 0 Å². The van der Waals surface area contributed by atoms with E-state index in [4.69, 9.17) is 23.2 Å². The molecule has 3 aromatic rings. The Balaban J connectivity index is 1.61. The van der Waals surface area contributed by atoms with Gasteiger partial charge in [0.2, 0.25) is 0 Å². The fraction of sp³-hybridized carbons (Fsp3) is 0.296. The van der Waals surface area contributed by atoms with Gasteiger partial charge >= 0.3 is 6.18 Å². The van der Waals surface area contributed by atoms with Gasteiger partial charge in [-0.2, -0.15) is 13.2 Å². The molecule has 0 heterocycles. The molecule has 0 saturated heterocycles. The molecule has 0 spiro atoms. The van der Waals surface area contributed by atoms with Crippen LogP contribution in [0, 0.1) is 5.82 Å². The van der Waals surface area contributed by atoms with Gasteiger partial charge in [-0.05, 0) is 66.1 Å².